The molecule has 0 amide bonds. The Labute approximate surface area is 254 Å². The van der Waals surface area contributed by atoms with Crippen molar-refractivity contribution in [3.05, 3.63) is 188 Å². The minimum atomic E-state index is 1.11. The summed E-state index contributed by atoms with van der Waals surface area (Å²) in [4.78, 5) is 2.39. The molecule has 0 atom stereocenters. The van der Waals surface area contributed by atoms with Crippen molar-refractivity contribution in [1.82, 2.24) is 0 Å². The van der Waals surface area contributed by atoms with Crippen molar-refractivity contribution in [3.8, 4) is 44.5 Å². The van der Waals surface area contributed by atoms with E-state index in [-0.39, 0.29) is 0 Å². The molecule has 0 spiro atoms. The molecule has 7 aromatic carbocycles. The van der Waals surface area contributed by atoms with E-state index < -0.39 is 0 Å². The molecule has 204 valence electrons. The lowest BCUT2D eigenvalue weighted by atomic mass is 9.87. The van der Waals surface area contributed by atoms with Gasteiger partial charge in [-0.15, -0.1) is 0 Å². The number of hydrogen-bond donors (Lipinski definition) is 0. The molecule has 0 bridgehead atoms. The van der Waals surface area contributed by atoms with E-state index in [1.807, 2.05) is 0 Å². The van der Waals surface area contributed by atoms with Gasteiger partial charge in [-0.3, -0.25) is 0 Å². The predicted molar refractivity (Wildman–Crippen MR) is 183 cm³/mol. The van der Waals surface area contributed by atoms with E-state index in [1.165, 1.54) is 44.5 Å². The molecular weight excluding hydrogens is 518 g/mol. The van der Waals surface area contributed by atoms with E-state index in [1.54, 1.807) is 0 Å². The van der Waals surface area contributed by atoms with Gasteiger partial charge in [0, 0.05) is 16.9 Å². The Kier molecular flexibility index (Phi) is 7.36. The summed E-state index contributed by atoms with van der Waals surface area (Å²) in [6, 6.07) is 67.0. The first-order valence-corrected chi connectivity index (χ1v) is 14.7. The van der Waals surface area contributed by atoms with Crippen LogP contribution in [0.1, 0.15) is 0 Å². The molecule has 7 rings (SSSR count). The van der Waals surface area contributed by atoms with Crippen molar-refractivity contribution < 1.29 is 0 Å². The first-order valence-electron chi connectivity index (χ1n) is 14.7. The first kappa shape index (κ1) is 26.3. The molecule has 0 unspecified atom stereocenters. The maximum atomic E-state index is 2.39. The molecule has 0 aromatic heterocycles. The van der Waals surface area contributed by atoms with E-state index in [9.17, 15) is 0 Å². The molecule has 0 N–H and O–H groups in total. The van der Waals surface area contributed by atoms with Gasteiger partial charge in [-0.2, -0.15) is 0 Å². The van der Waals surface area contributed by atoms with E-state index in [2.05, 4.69) is 193 Å². The molecule has 0 aliphatic carbocycles. The number of hydrogen-bond acceptors (Lipinski definition) is 1. The van der Waals surface area contributed by atoms with Gasteiger partial charge in [-0.05, 0) is 69.3 Å². The first-order chi connectivity index (χ1) is 21.4. The minimum absolute atomic E-state index is 1.11. The molecule has 0 radical (unpaired) electrons. The summed E-state index contributed by atoms with van der Waals surface area (Å²) in [5, 5.41) is 0. The van der Waals surface area contributed by atoms with E-state index in [4.69, 9.17) is 0 Å². The molecular formula is C42H31N. The van der Waals surface area contributed by atoms with E-state index in [0.717, 1.165) is 17.1 Å². The van der Waals surface area contributed by atoms with Crippen LogP contribution in [0, 0.1) is 0 Å². The smallest absolute Gasteiger partial charge is 0.0546 e. The van der Waals surface area contributed by atoms with Crippen LogP contribution in [0.3, 0.4) is 0 Å². The monoisotopic (exact) mass is 549 g/mol. The lowest BCUT2D eigenvalue weighted by Crippen LogP contribution is -2.12. The molecule has 1 nitrogen and oxygen atoms in total. The van der Waals surface area contributed by atoms with Gasteiger partial charge in [0.1, 0.15) is 0 Å². The molecule has 7 aromatic rings. The third kappa shape index (κ3) is 5.37. The summed E-state index contributed by atoms with van der Waals surface area (Å²) in [5.74, 6) is 0. The SMILES string of the molecule is c1ccc(-c2ccc(N(c3ccccc3)c3cccc(-c4ccccc4)c3-c3ccccc3-c3ccccc3)cc2)cc1. The second-order valence-corrected chi connectivity index (χ2v) is 10.6. The maximum absolute atomic E-state index is 2.39. The molecule has 43 heavy (non-hydrogen) atoms. The van der Waals surface area contributed by atoms with Gasteiger partial charge >= 0.3 is 0 Å². The average Bonchev–Trinajstić information content (AvgIpc) is 3.10. The van der Waals surface area contributed by atoms with Crippen LogP contribution in [0.25, 0.3) is 44.5 Å². The number of nitrogens with zero attached hydrogens (tertiary/aromatic N) is 1. The lowest BCUT2D eigenvalue weighted by Gasteiger charge is -2.30. The summed E-state index contributed by atoms with van der Waals surface area (Å²) in [5.41, 5.74) is 12.9. The molecule has 0 aliphatic rings. The Morgan fingerprint density at radius 1 is 0.256 bits per heavy atom. The van der Waals surface area contributed by atoms with Crippen LogP contribution in [-0.2, 0) is 0 Å². The second kappa shape index (κ2) is 12.1. The molecule has 0 fully saturated rings. The third-order valence-electron chi connectivity index (χ3n) is 7.90. The fraction of sp³-hybridized carbons (Fsp3) is 0. The highest BCUT2D eigenvalue weighted by Gasteiger charge is 2.22. The van der Waals surface area contributed by atoms with E-state index >= 15 is 0 Å². The van der Waals surface area contributed by atoms with Gasteiger partial charge in [0.15, 0.2) is 0 Å². The van der Waals surface area contributed by atoms with Crippen molar-refractivity contribution >= 4 is 17.1 Å². The molecule has 0 saturated heterocycles. The van der Waals surface area contributed by atoms with Crippen LogP contribution in [-0.4, -0.2) is 0 Å². The number of anilines is 3. The zero-order chi connectivity index (χ0) is 28.8. The quantitative estimate of drug-likeness (QED) is 0.191. The molecule has 0 heterocycles. The van der Waals surface area contributed by atoms with Gasteiger partial charge in [0.25, 0.3) is 0 Å². The van der Waals surface area contributed by atoms with Crippen LogP contribution >= 0.6 is 0 Å². The predicted octanol–water partition coefficient (Wildman–Crippen LogP) is 11.8. The summed E-state index contributed by atoms with van der Waals surface area (Å²) >= 11 is 0. The van der Waals surface area contributed by atoms with Crippen LogP contribution in [0.15, 0.2) is 188 Å². The van der Waals surface area contributed by atoms with Gasteiger partial charge in [0.2, 0.25) is 0 Å². The van der Waals surface area contributed by atoms with E-state index in [0.29, 0.717) is 0 Å². The van der Waals surface area contributed by atoms with Crippen molar-refractivity contribution in [2.24, 2.45) is 0 Å². The Morgan fingerprint density at radius 3 is 1.28 bits per heavy atom. The van der Waals surface area contributed by atoms with Crippen LogP contribution < -0.4 is 4.90 Å². The minimum Gasteiger partial charge on any atom is -0.310 e. The molecule has 1 heteroatoms. The normalized spacial score (nSPS) is 10.8. The highest BCUT2D eigenvalue weighted by Crippen LogP contribution is 2.47. The van der Waals surface area contributed by atoms with Crippen LogP contribution in [0.4, 0.5) is 17.1 Å². The van der Waals surface area contributed by atoms with Crippen molar-refractivity contribution in [2.75, 3.05) is 4.90 Å². The fourth-order valence-electron chi connectivity index (χ4n) is 5.88. The molecule has 0 aliphatic heterocycles. The third-order valence-corrected chi connectivity index (χ3v) is 7.90. The number of rotatable bonds is 7. The Hall–Kier alpha value is -5.66. The van der Waals surface area contributed by atoms with Gasteiger partial charge in [-0.1, -0.05) is 158 Å². The Bertz CT molecular complexity index is 1930. The largest absolute Gasteiger partial charge is 0.310 e. The highest BCUT2D eigenvalue weighted by atomic mass is 15.1. The maximum Gasteiger partial charge on any atom is 0.0546 e. The number of para-hydroxylation sites is 1. The zero-order valence-corrected chi connectivity index (χ0v) is 23.8. The van der Waals surface area contributed by atoms with Gasteiger partial charge in [0.05, 0.1) is 5.69 Å². The summed E-state index contributed by atoms with van der Waals surface area (Å²) in [7, 11) is 0. The fourth-order valence-corrected chi connectivity index (χ4v) is 5.88. The highest BCUT2D eigenvalue weighted by molar-refractivity contribution is 6.01. The van der Waals surface area contributed by atoms with Gasteiger partial charge < -0.3 is 4.90 Å². The van der Waals surface area contributed by atoms with Crippen molar-refractivity contribution in [1.29, 1.82) is 0 Å². The topological polar surface area (TPSA) is 3.24 Å². The Morgan fingerprint density at radius 2 is 0.674 bits per heavy atom. The van der Waals surface area contributed by atoms with Crippen LogP contribution in [0.5, 0.6) is 0 Å². The average molecular weight is 550 g/mol. The standard InChI is InChI=1S/C42H31N/c1-5-16-32(17-6-1)33-28-30-37(31-29-33)43(36-22-11-4-12-23-36)41-27-15-26-39(35-20-9-3-10-21-35)42(41)40-25-14-13-24-38(40)34-18-7-2-8-19-34/h1-31H. The van der Waals surface area contributed by atoms with Gasteiger partial charge in [-0.25, -0.2) is 0 Å². The van der Waals surface area contributed by atoms with Crippen molar-refractivity contribution in [3.63, 3.8) is 0 Å². The second-order valence-electron chi connectivity index (χ2n) is 10.6. The summed E-state index contributed by atoms with van der Waals surface area (Å²) in [6.45, 7) is 0. The molecule has 0 saturated carbocycles. The number of benzene rings is 7. The summed E-state index contributed by atoms with van der Waals surface area (Å²) < 4.78 is 0. The Balaban J connectivity index is 1.49. The lowest BCUT2D eigenvalue weighted by molar-refractivity contribution is 1.28. The van der Waals surface area contributed by atoms with Crippen LogP contribution in [0.2, 0.25) is 0 Å². The summed E-state index contributed by atoms with van der Waals surface area (Å²) in [6.07, 6.45) is 0. The zero-order valence-electron chi connectivity index (χ0n) is 23.8. The van der Waals surface area contributed by atoms with Crippen molar-refractivity contribution in [2.45, 2.75) is 0 Å².